The van der Waals surface area contributed by atoms with Gasteiger partial charge in [0.15, 0.2) is 0 Å². The van der Waals surface area contributed by atoms with Crippen molar-refractivity contribution < 1.29 is 4.79 Å². The van der Waals surface area contributed by atoms with Gasteiger partial charge in [0.1, 0.15) is 5.82 Å². The van der Waals surface area contributed by atoms with Gasteiger partial charge < -0.3 is 10.6 Å². The van der Waals surface area contributed by atoms with E-state index in [-0.39, 0.29) is 11.9 Å². The average Bonchev–Trinajstić information content (AvgIpc) is 2.38. The van der Waals surface area contributed by atoms with Crippen LogP contribution in [0.1, 0.15) is 23.7 Å². The highest BCUT2D eigenvalue weighted by Gasteiger charge is 2.14. The van der Waals surface area contributed by atoms with Crippen LogP contribution in [0.3, 0.4) is 0 Å². The van der Waals surface area contributed by atoms with Crippen molar-refractivity contribution in [2.24, 2.45) is 0 Å². The van der Waals surface area contributed by atoms with Crippen LogP contribution in [0.4, 0.5) is 5.82 Å². The number of nitrogens with one attached hydrogen (secondary N) is 2. The second-order valence-electron chi connectivity index (χ2n) is 3.68. The Morgan fingerprint density at radius 3 is 2.94 bits per heavy atom. The first-order chi connectivity index (χ1) is 8.22. The molecule has 0 saturated heterocycles. The molecular weight excluding hydrogens is 234 g/mol. The zero-order valence-electron chi connectivity index (χ0n) is 10.5. The molecule has 2 N–H and O–H groups in total. The van der Waals surface area contributed by atoms with Crippen molar-refractivity contribution in [3.63, 3.8) is 0 Å². The lowest BCUT2D eigenvalue weighted by Crippen LogP contribution is -2.36. The number of pyridine rings is 1. The van der Waals surface area contributed by atoms with Crippen LogP contribution in [0.5, 0.6) is 0 Å². The lowest BCUT2D eigenvalue weighted by atomic mass is 10.2. The van der Waals surface area contributed by atoms with E-state index in [9.17, 15) is 4.79 Å². The van der Waals surface area contributed by atoms with Crippen molar-refractivity contribution >= 4 is 23.5 Å². The predicted octanol–water partition coefficient (Wildman–Crippen LogP) is 1.99. The van der Waals surface area contributed by atoms with Gasteiger partial charge in [-0.25, -0.2) is 4.98 Å². The van der Waals surface area contributed by atoms with Gasteiger partial charge in [-0.15, -0.1) is 0 Å². The van der Waals surface area contributed by atoms with E-state index < -0.39 is 0 Å². The molecule has 1 atom stereocenters. The molecular formula is C12H19N3OS. The topological polar surface area (TPSA) is 54.0 Å². The molecule has 0 spiro atoms. The van der Waals surface area contributed by atoms with Gasteiger partial charge in [0.05, 0.1) is 5.56 Å². The lowest BCUT2D eigenvalue weighted by Gasteiger charge is -2.16. The van der Waals surface area contributed by atoms with Crippen molar-refractivity contribution in [3.05, 3.63) is 23.9 Å². The van der Waals surface area contributed by atoms with E-state index in [0.29, 0.717) is 11.4 Å². The number of thioether (sulfide) groups is 1. The van der Waals surface area contributed by atoms with Gasteiger partial charge in [0.2, 0.25) is 0 Å². The molecule has 0 aliphatic heterocycles. The van der Waals surface area contributed by atoms with E-state index in [1.165, 1.54) is 0 Å². The molecule has 5 heteroatoms. The van der Waals surface area contributed by atoms with Crippen LogP contribution in [0.2, 0.25) is 0 Å². The largest absolute Gasteiger partial charge is 0.372 e. The summed E-state index contributed by atoms with van der Waals surface area (Å²) in [6.07, 6.45) is 4.64. The second-order valence-corrected chi connectivity index (χ2v) is 4.59. The summed E-state index contributed by atoms with van der Waals surface area (Å²) in [4.78, 5) is 16.2. The SMILES string of the molecule is CCC(CSC)NC(=O)c1cccnc1NC. The zero-order valence-corrected chi connectivity index (χ0v) is 11.3. The molecule has 1 amide bonds. The summed E-state index contributed by atoms with van der Waals surface area (Å²) in [5, 5.41) is 5.94. The van der Waals surface area contributed by atoms with Gasteiger partial charge in [-0.1, -0.05) is 6.92 Å². The summed E-state index contributed by atoms with van der Waals surface area (Å²) >= 11 is 1.74. The Kier molecular flexibility index (Phi) is 5.83. The molecule has 1 aromatic heterocycles. The van der Waals surface area contributed by atoms with Gasteiger partial charge >= 0.3 is 0 Å². The molecule has 94 valence electrons. The Morgan fingerprint density at radius 1 is 1.59 bits per heavy atom. The molecule has 0 saturated carbocycles. The third-order valence-corrected chi connectivity index (χ3v) is 3.22. The maximum atomic E-state index is 12.1. The number of carbonyl (C=O) groups excluding carboxylic acids is 1. The number of carbonyl (C=O) groups is 1. The molecule has 0 aliphatic carbocycles. The predicted molar refractivity (Wildman–Crippen MR) is 73.7 cm³/mol. The van der Waals surface area contributed by atoms with E-state index in [1.807, 2.05) is 6.26 Å². The first kappa shape index (κ1) is 13.8. The number of nitrogens with zero attached hydrogens (tertiary/aromatic N) is 1. The van der Waals surface area contributed by atoms with E-state index in [1.54, 1.807) is 37.1 Å². The van der Waals surface area contributed by atoms with Gasteiger partial charge in [-0.3, -0.25) is 4.79 Å². The summed E-state index contributed by atoms with van der Waals surface area (Å²) in [5.74, 6) is 1.48. The Labute approximate surface area is 107 Å². The highest BCUT2D eigenvalue weighted by atomic mass is 32.2. The Hall–Kier alpha value is -1.23. The van der Waals surface area contributed by atoms with Crippen molar-refractivity contribution in [2.45, 2.75) is 19.4 Å². The van der Waals surface area contributed by atoms with Gasteiger partial charge in [0.25, 0.3) is 5.91 Å². The fourth-order valence-corrected chi connectivity index (χ4v) is 2.24. The molecule has 0 aliphatic rings. The molecule has 1 aromatic rings. The standard InChI is InChI=1S/C12H19N3OS/c1-4-9(8-17-3)15-12(16)10-6-5-7-14-11(10)13-2/h5-7,9H,4,8H2,1-3H3,(H,13,14)(H,15,16). The van der Waals surface area contributed by atoms with Crippen LogP contribution >= 0.6 is 11.8 Å². The van der Waals surface area contributed by atoms with Crippen molar-refractivity contribution in [1.29, 1.82) is 0 Å². The van der Waals surface area contributed by atoms with E-state index in [2.05, 4.69) is 22.5 Å². The normalized spacial score (nSPS) is 11.9. The maximum absolute atomic E-state index is 12.1. The van der Waals surface area contributed by atoms with Crippen LogP contribution in [0, 0.1) is 0 Å². The molecule has 1 heterocycles. The van der Waals surface area contributed by atoms with Crippen LogP contribution in [0.15, 0.2) is 18.3 Å². The highest BCUT2D eigenvalue weighted by molar-refractivity contribution is 7.98. The fraction of sp³-hybridized carbons (Fsp3) is 0.500. The quantitative estimate of drug-likeness (QED) is 0.814. The lowest BCUT2D eigenvalue weighted by molar-refractivity contribution is 0.0940. The molecule has 0 aromatic carbocycles. The summed E-state index contributed by atoms with van der Waals surface area (Å²) in [6.45, 7) is 2.07. The highest BCUT2D eigenvalue weighted by Crippen LogP contribution is 2.11. The number of aromatic nitrogens is 1. The van der Waals surface area contributed by atoms with Gasteiger partial charge in [-0.05, 0) is 24.8 Å². The summed E-state index contributed by atoms with van der Waals surface area (Å²) in [7, 11) is 1.76. The molecule has 1 unspecified atom stereocenters. The molecule has 0 fully saturated rings. The molecule has 1 rings (SSSR count). The first-order valence-electron chi connectivity index (χ1n) is 5.65. The third kappa shape index (κ3) is 3.93. The Morgan fingerprint density at radius 2 is 2.35 bits per heavy atom. The smallest absolute Gasteiger partial charge is 0.255 e. The minimum absolute atomic E-state index is 0.0663. The Bertz CT molecular complexity index is 371. The molecule has 0 radical (unpaired) electrons. The number of amides is 1. The van der Waals surface area contributed by atoms with E-state index >= 15 is 0 Å². The molecule has 4 nitrogen and oxygen atoms in total. The van der Waals surface area contributed by atoms with Crippen molar-refractivity contribution in [1.82, 2.24) is 10.3 Å². The van der Waals surface area contributed by atoms with E-state index in [0.717, 1.165) is 12.2 Å². The summed E-state index contributed by atoms with van der Waals surface area (Å²) in [6, 6.07) is 3.76. The van der Waals surface area contributed by atoms with Gasteiger partial charge in [0, 0.05) is 25.0 Å². The number of hydrogen-bond donors (Lipinski definition) is 2. The van der Waals surface area contributed by atoms with Crippen LogP contribution < -0.4 is 10.6 Å². The minimum atomic E-state index is -0.0663. The summed E-state index contributed by atoms with van der Waals surface area (Å²) in [5.41, 5.74) is 0.592. The van der Waals surface area contributed by atoms with Crippen molar-refractivity contribution in [2.75, 3.05) is 24.4 Å². The summed E-state index contributed by atoms with van der Waals surface area (Å²) < 4.78 is 0. The van der Waals surface area contributed by atoms with Crippen LogP contribution in [-0.2, 0) is 0 Å². The Balaban J connectivity index is 2.75. The number of anilines is 1. The minimum Gasteiger partial charge on any atom is -0.372 e. The average molecular weight is 253 g/mol. The van der Waals surface area contributed by atoms with Crippen LogP contribution in [-0.4, -0.2) is 36.0 Å². The number of rotatable bonds is 6. The molecule has 0 bridgehead atoms. The van der Waals surface area contributed by atoms with E-state index in [4.69, 9.17) is 0 Å². The zero-order chi connectivity index (χ0) is 12.7. The van der Waals surface area contributed by atoms with Gasteiger partial charge in [-0.2, -0.15) is 11.8 Å². The first-order valence-corrected chi connectivity index (χ1v) is 7.04. The maximum Gasteiger partial charge on any atom is 0.255 e. The monoisotopic (exact) mass is 253 g/mol. The van der Waals surface area contributed by atoms with Crippen molar-refractivity contribution in [3.8, 4) is 0 Å². The number of hydrogen-bond acceptors (Lipinski definition) is 4. The van der Waals surface area contributed by atoms with Crippen LogP contribution in [0.25, 0.3) is 0 Å². The fourth-order valence-electron chi connectivity index (χ4n) is 1.51. The third-order valence-electron chi connectivity index (χ3n) is 2.49. The second kappa shape index (κ2) is 7.17. The molecule has 17 heavy (non-hydrogen) atoms.